The van der Waals surface area contributed by atoms with Crippen LogP contribution in [-0.2, 0) is 0 Å². The molecule has 0 heterocycles. The van der Waals surface area contributed by atoms with Crippen molar-refractivity contribution in [2.75, 3.05) is 11.9 Å². The molecule has 1 unspecified atom stereocenters. The van der Waals surface area contributed by atoms with Gasteiger partial charge in [0.05, 0.1) is 0 Å². The Hall–Kier alpha value is -1.09. The normalized spacial score (nSPS) is 18.4. The Kier molecular flexibility index (Phi) is 3.67. The van der Waals surface area contributed by atoms with Crippen LogP contribution in [0.5, 0.6) is 0 Å². The number of anilines is 1. The Morgan fingerprint density at radius 1 is 1.35 bits per heavy atom. The van der Waals surface area contributed by atoms with Crippen LogP contribution in [0.1, 0.15) is 44.2 Å². The smallest absolute Gasteiger partial charge is 0.123 e. The highest BCUT2D eigenvalue weighted by Crippen LogP contribution is 2.31. The summed E-state index contributed by atoms with van der Waals surface area (Å²) in [6.07, 6.45) is 5.05. The minimum Gasteiger partial charge on any atom is -0.371 e. The lowest BCUT2D eigenvalue weighted by atomic mass is 10.0. The molecule has 0 spiro atoms. The molecule has 94 valence electrons. The van der Waals surface area contributed by atoms with Gasteiger partial charge in [-0.05, 0) is 43.5 Å². The van der Waals surface area contributed by atoms with Crippen molar-refractivity contribution in [1.29, 1.82) is 0 Å². The van der Waals surface area contributed by atoms with Gasteiger partial charge in [0, 0.05) is 24.8 Å². The van der Waals surface area contributed by atoms with Crippen LogP contribution in [0.15, 0.2) is 18.2 Å². The van der Waals surface area contributed by atoms with E-state index < -0.39 is 0 Å². The van der Waals surface area contributed by atoms with Crippen molar-refractivity contribution in [2.45, 2.75) is 44.7 Å². The van der Waals surface area contributed by atoms with Gasteiger partial charge in [-0.15, -0.1) is 0 Å². The average molecular weight is 236 g/mol. The molecule has 1 aromatic carbocycles. The zero-order chi connectivity index (χ0) is 12.4. The van der Waals surface area contributed by atoms with Gasteiger partial charge in [-0.25, -0.2) is 4.39 Å². The fourth-order valence-corrected chi connectivity index (χ4v) is 2.70. The molecule has 1 saturated carbocycles. The number of halogens is 1. The number of hydrogen-bond acceptors (Lipinski definition) is 2. The molecule has 0 amide bonds. The van der Waals surface area contributed by atoms with E-state index in [9.17, 15) is 4.39 Å². The minimum absolute atomic E-state index is 0.135. The second-order valence-electron chi connectivity index (χ2n) is 5.04. The van der Waals surface area contributed by atoms with Crippen molar-refractivity contribution in [3.63, 3.8) is 0 Å². The van der Waals surface area contributed by atoms with E-state index in [2.05, 4.69) is 11.9 Å². The monoisotopic (exact) mass is 236 g/mol. The molecule has 1 atom stereocenters. The van der Waals surface area contributed by atoms with Gasteiger partial charge in [0.25, 0.3) is 0 Å². The summed E-state index contributed by atoms with van der Waals surface area (Å²) >= 11 is 0. The highest BCUT2D eigenvalue weighted by atomic mass is 19.1. The Labute approximate surface area is 103 Å². The van der Waals surface area contributed by atoms with Crippen LogP contribution in [0, 0.1) is 5.82 Å². The predicted molar refractivity (Wildman–Crippen MR) is 69.7 cm³/mol. The summed E-state index contributed by atoms with van der Waals surface area (Å²) in [7, 11) is 2.09. The van der Waals surface area contributed by atoms with E-state index in [1.165, 1.54) is 31.7 Å². The maximum Gasteiger partial charge on any atom is 0.123 e. The SMILES string of the molecule is CC(N)c1cc(F)ccc1N(C)C1CCCC1. The fourth-order valence-electron chi connectivity index (χ4n) is 2.70. The van der Waals surface area contributed by atoms with Crippen molar-refractivity contribution in [2.24, 2.45) is 5.73 Å². The van der Waals surface area contributed by atoms with Crippen LogP contribution in [0.4, 0.5) is 10.1 Å². The highest BCUT2D eigenvalue weighted by molar-refractivity contribution is 5.55. The number of nitrogens with zero attached hydrogens (tertiary/aromatic N) is 1. The van der Waals surface area contributed by atoms with E-state index >= 15 is 0 Å². The van der Waals surface area contributed by atoms with Crippen molar-refractivity contribution < 1.29 is 4.39 Å². The molecule has 2 rings (SSSR count). The van der Waals surface area contributed by atoms with Crippen LogP contribution in [0.25, 0.3) is 0 Å². The lowest BCUT2D eigenvalue weighted by Gasteiger charge is -2.29. The molecule has 0 radical (unpaired) electrons. The Bertz CT molecular complexity index is 384. The van der Waals surface area contributed by atoms with Crippen LogP contribution in [0.3, 0.4) is 0 Å². The number of rotatable bonds is 3. The molecular formula is C14H21FN2. The first-order valence-corrected chi connectivity index (χ1v) is 6.37. The van der Waals surface area contributed by atoms with E-state index in [4.69, 9.17) is 5.73 Å². The molecule has 1 aliphatic rings. The summed E-state index contributed by atoms with van der Waals surface area (Å²) in [5, 5.41) is 0. The topological polar surface area (TPSA) is 29.3 Å². The van der Waals surface area contributed by atoms with Gasteiger partial charge in [0.15, 0.2) is 0 Å². The molecule has 0 aliphatic heterocycles. The van der Waals surface area contributed by atoms with E-state index in [-0.39, 0.29) is 11.9 Å². The predicted octanol–water partition coefficient (Wildman–Crippen LogP) is 3.22. The van der Waals surface area contributed by atoms with Crippen molar-refractivity contribution in [3.05, 3.63) is 29.6 Å². The molecule has 1 fully saturated rings. The molecular weight excluding hydrogens is 215 g/mol. The van der Waals surface area contributed by atoms with Gasteiger partial charge in [-0.1, -0.05) is 12.8 Å². The van der Waals surface area contributed by atoms with Crippen molar-refractivity contribution in [1.82, 2.24) is 0 Å². The van der Waals surface area contributed by atoms with Gasteiger partial charge in [-0.3, -0.25) is 0 Å². The van der Waals surface area contributed by atoms with Crippen LogP contribution >= 0.6 is 0 Å². The maximum atomic E-state index is 13.3. The molecule has 2 nitrogen and oxygen atoms in total. The molecule has 0 aromatic heterocycles. The largest absolute Gasteiger partial charge is 0.371 e. The number of hydrogen-bond donors (Lipinski definition) is 1. The van der Waals surface area contributed by atoms with Gasteiger partial charge < -0.3 is 10.6 Å². The minimum atomic E-state index is -0.208. The van der Waals surface area contributed by atoms with E-state index in [0.29, 0.717) is 6.04 Å². The summed E-state index contributed by atoms with van der Waals surface area (Å²) < 4.78 is 13.3. The van der Waals surface area contributed by atoms with Gasteiger partial charge in [0.1, 0.15) is 5.82 Å². The lowest BCUT2D eigenvalue weighted by Crippen LogP contribution is -2.30. The van der Waals surface area contributed by atoms with Crippen molar-refractivity contribution >= 4 is 5.69 Å². The quantitative estimate of drug-likeness (QED) is 0.873. The Morgan fingerprint density at radius 3 is 2.59 bits per heavy atom. The second kappa shape index (κ2) is 5.05. The van der Waals surface area contributed by atoms with Gasteiger partial charge >= 0.3 is 0 Å². The first-order valence-electron chi connectivity index (χ1n) is 6.37. The molecule has 1 aliphatic carbocycles. The summed E-state index contributed by atoms with van der Waals surface area (Å²) in [5.41, 5.74) is 7.91. The fraction of sp³-hybridized carbons (Fsp3) is 0.571. The molecule has 1 aromatic rings. The zero-order valence-electron chi connectivity index (χ0n) is 10.6. The Balaban J connectivity index is 2.29. The third-order valence-electron chi connectivity index (χ3n) is 3.73. The third-order valence-corrected chi connectivity index (χ3v) is 3.73. The maximum absolute atomic E-state index is 13.3. The molecule has 0 saturated heterocycles. The number of benzene rings is 1. The molecule has 0 bridgehead atoms. The summed E-state index contributed by atoms with van der Waals surface area (Å²) in [5.74, 6) is -0.208. The Morgan fingerprint density at radius 2 is 2.00 bits per heavy atom. The van der Waals surface area contributed by atoms with E-state index in [0.717, 1.165) is 11.3 Å². The first kappa shape index (κ1) is 12.4. The molecule has 2 N–H and O–H groups in total. The second-order valence-corrected chi connectivity index (χ2v) is 5.04. The number of nitrogens with two attached hydrogens (primary N) is 1. The molecule has 3 heteroatoms. The molecule has 17 heavy (non-hydrogen) atoms. The van der Waals surface area contributed by atoms with Crippen molar-refractivity contribution in [3.8, 4) is 0 Å². The van der Waals surface area contributed by atoms with Gasteiger partial charge in [0.2, 0.25) is 0 Å². The van der Waals surface area contributed by atoms with Crippen LogP contribution < -0.4 is 10.6 Å². The summed E-state index contributed by atoms with van der Waals surface area (Å²) in [6, 6.07) is 5.38. The van der Waals surface area contributed by atoms with Gasteiger partial charge in [-0.2, -0.15) is 0 Å². The van der Waals surface area contributed by atoms with E-state index in [1.807, 2.05) is 13.0 Å². The third kappa shape index (κ3) is 2.60. The highest BCUT2D eigenvalue weighted by Gasteiger charge is 2.22. The van der Waals surface area contributed by atoms with E-state index in [1.54, 1.807) is 6.07 Å². The summed E-state index contributed by atoms with van der Waals surface area (Å²) in [6.45, 7) is 1.90. The van der Waals surface area contributed by atoms with Crippen LogP contribution in [-0.4, -0.2) is 13.1 Å². The average Bonchev–Trinajstić information content (AvgIpc) is 2.81. The zero-order valence-corrected chi connectivity index (χ0v) is 10.6. The summed E-state index contributed by atoms with van der Waals surface area (Å²) in [4.78, 5) is 2.27. The standard InChI is InChI=1S/C14H21FN2/c1-10(16)13-9-11(15)7-8-14(13)17(2)12-5-3-4-6-12/h7-10,12H,3-6,16H2,1-2H3. The first-order chi connectivity index (χ1) is 8.09. The lowest BCUT2D eigenvalue weighted by molar-refractivity contribution is 0.616. The van der Waals surface area contributed by atoms with Crippen LogP contribution in [0.2, 0.25) is 0 Å².